The first-order valence-electron chi connectivity index (χ1n) is 7.20. The van der Waals surface area contributed by atoms with Crippen molar-refractivity contribution in [1.29, 1.82) is 0 Å². The number of hydrogen-bond acceptors (Lipinski definition) is 6. The van der Waals surface area contributed by atoms with Gasteiger partial charge in [-0.15, -0.1) is 10.2 Å². The van der Waals surface area contributed by atoms with Crippen molar-refractivity contribution in [3.05, 3.63) is 59.6 Å². The molecule has 0 saturated carbocycles. The summed E-state index contributed by atoms with van der Waals surface area (Å²) in [5.74, 6) is 1.21. The van der Waals surface area contributed by atoms with Crippen LogP contribution >= 0.6 is 11.6 Å². The zero-order valence-corrected chi connectivity index (χ0v) is 13.4. The molecule has 0 aliphatic rings. The Labute approximate surface area is 142 Å². The Morgan fingerprint density at radius 1 is 0.958 bits per heavy atom. The maximum absolute atomic E-state index is 6.08. The summed E-state index contributed by atoms with van der Waals surface area (Å²) in [5.41, 5.74) is 2.80. The second-order valence-electron chi connectivity index (χ2n) is 5.08. The van der Waals surface area contributed by atoms with E-state index in [2.05, 4.69) is 20.3 Å². The molecular formula is C17H11ClN4O2. The van der Waals surface area contributed by atoms with Gasteiger partial charge in [0.15, 0.2) is 0 Å². The first-order chi connectivity index (χ1) is 11.7. The molecule has 3 aromatic heterocycles. The van der Waals surface area contributed by atoms with Crippen LogP contribution in [0.25, 0.3) is 34.2 Å². The van der Waals surface area contributed by atoms with Gasteiger partial charge in [0.25, 0.3) is 11.8 Å². The molecule has 0 unspecified atom stereocenters. The van der Waals surface area contributed by atoms with Crippen molar-refractivity contribution in [3.8, 4) is 34.2 Å². The molecule has 0 atom stereocenters. The van der Waals surface area contributed by atoms with Crippen LogP contribution in [-0.4, -0.2) is 20.3 Å². The summed E-state index contributed by atoms with van der Waals surface area (Å²) in [4.78, 5) is 4.02. The lowest BCUT2D eigenvalue weighted by molar-refractivity contribution is 0.399. The predicted octanol–water partition coefficient (Wildman–Crippen LogP) is 4.42. The van der Waals surface area contributed by atoms with Crippen molar-refractivity contribution in [1.82, 2.24) is 20.3 Å². The van der Waals surface area contributed by atoms with E-state index in [1.165, 1.54) is 0 Å². The van der Waals surface area contributed by atoms with Crippen molar-refractivity contribution < 1.29 is 8.94 Å². The van der Waals surface area contributed by atoms with Crippen LogP contribution in [0.4, 0.5) is 0 Å². The smallest absolute Gasteiger partial charge is 0.254 e. The molecule has 0 spiro atoms. The summed E-state index contributed by atoms with van der Waals surface area (Å²) in [5, 5.41) is 12.6. The van der Waals surface area contributed by atoms with Gasteiger partial charge >= 0.3 is 0 Å². The lowest BCUT2D eigenvalue weighted by Crippen LogP contribution is -1.84. The molecule has 4 aromatic rings. The molecule has 0 radical (unpaired) electrons. The molecule has 0 aliphatic carbocycles. The third-order valence-corrected chi connectivity index (χ3v) is 3.84. The largest absolute Gasteiger partial charge is 0.416 e. The van der Waals surface area contributed by atoms with Gasteiger partial charge in [-0.3, -0.25) is 0 Å². The van der Waals surface area contributed by atoms with Crippen LogP contribution in [0.3, 0.4) is 0 Å². The number of rotatable bonds is 3. The second kappa shape index (κ2) is 5.90. The first kappa shape index (κ1) is 14.6. The van der Waals surface area contributed by atoms with E-state index in [0.29, 0.717) is 39.5 Å². The fourth-order valence-electron chi connectivity index (χ4n) is 2.40. The lowest BCUT2D eigenvalue weighted by atomic mass is 10.1. The maximum Gasteiger partial charge on any atom is 0.254 e. The summed E-state index contributed by atoms with van der Waals surface area (Å²) >= 11 is 6.08. The highest BCUT2D eigenvalue weighted by molar-refractivity contribution is 6.31. The Balaban J connectivity index is 1.82. The molecule has 7 heteroatoms. The predicted molar refractivity (Wildman–Crippen MR) is 88.2 cm³/mol. The number of nitrogens with zero attached hydrogens (tertiary/aromatic N) is 4. The lowest BCUT2D eigenvalue weighted by Gasteiger charge is -1.98. The van der Waals surface area contributed by atoms with Crippen molar-refractivity contribution >= 4 is 11.6 Å². The Morgan fingerprint density at radius 3 is 2.54 bits per heavy atom. The van der Waals surface area contributed by atoms with Crippen LogP contribution < -0.4 is 0 Å². The minimum atomic E-state index is 0.294. The van der Waals surface area contributed by atoms with Gasteiger partial charge in [0.2, 0.25) is 0 Å². The molecule has 24 heavy (non-hydrogen) atoms. The molecule has 0 aliphatic heterocycles. The van der Waals surface area contributed by atoms with E-state index in [1.54, 1.807) is 25.3 Å². The van der Waals surface area contributed by atoms with Gasteiger partial charge in [-0.25, -0.2) is 4.98 Å². The molecule has 1 aromatic carbocycles. The monoisotopic (exact) mass is 338 g/mol. The summed E-state index contributed by atoms with van der Waals surface area (Å²) in [7, 11) is 0. The van der Waals surface area contributed by atoms with E-state index in [0.717, 1.165) is 5.56 Å². The molecule has 6 nitrogen and oxygen atoms in total. The van der Waals surface area contributed by atoms with Gasteiger partial charge in [-0.2, -0.15) is 0 Å². The normalized spacial score (nSPS) is 10.9. The quantitative estimate of drug-likeness (QED) is 0.515. The maximum atomic E-state index is 6.08. The third-order valence-electron chi connectivity index (χ3n) is 3.54. The van der Waals surface area contributed by atoms with Gasteiger partial charge < -0.3 is 8.94 Å². The minimum absolute atomic E-state index is 0.294. The van der Waals surface area contributed by atoms with E-state index >= 15 is 0 Å². The second-order valence-corrected chi connectivity index (χ2v) is 5.44. The molecule has 0 bridgehead atoms. The first-order valence-corrected chi connectivity index (χ1v) is 7.58. The fourth-order valence-corrected chi connectivity index (χ4v) is 2.60. The van der Waals surface area contributed by atoms with Gasteiger partial charge in [0.05, 0.1) is 5.56 Å². The Kier molecular flexibility index (Phi) is 3.59. The summed E-state index contributed by atoms with van der Waals surface area (Å²) in [6.07, 6.45) is 1.60. The van der Waals surface area contributed by atoms with Crippen molar-refractivity contribution in [3.63, 3.8) is 0 Å². The zero-order chi connectivity index (χ0) is 16.5. The number of aromatic nitrogens is 4. The Bertz CT molecular complexity index is 995. The van der Waals surface area contributed by atoms with E-state index in [1.807, 2.05) is 30.3 Å². The number of halogens is 1. The Morgan fingerprint density at radius 2 is 1.75 bits per heavy atom. The molecule has 0 N–H and O–H groups in total. The number of benzene rings is 1. The average Bonchev–Trinajstić information content (AvgIpc) is 3.22. The number of aryl methyl sites for hydroxylation is 1. The fraction of sp³-hybridized carbons (Fsp3) is 0.0588. The van der Waals surface area contributed by atoms with Crippen LogP contribution in [0.15, 0.2) is 57.6 Å². The van der Waals surface area contributed by atoms with Gasteiger partial charge in [0, 0.05) is 11.8 Å². The molecule has 3 heterocycles. The number of hydrogen-bond donors (Lipinski definition) is 0. The topological polar surface area (TPSA) is 77.8 Å². The summed E-state index contributed by atoms with van der Waals surface area (Å²) < 4.78 is 11.1. The molecule has 4 rings (SSSR count). The highest BCUT2D eigenvalue weighted by atomic mass is 35.5. The average molecular weight is 339 g/mol. The third kappa shape index (κ3) is 2.47. The minimum Gasteiger partial charge on any atom is -0.416 e. The zero-order valence-electron chi connectivity index (χ0n) is 12.6. The van der Waals surface area contributed by atoms with E-state index in [-0.39, 0.29) is 0 Å². The van der Waals surface area contributed by atoms with E-state index in [9.17, 15) is 0 Å². The number of pyridine rings is 1. The van der Waals surface area contributed by atoms with Crippen molar-refractivity contribution in [2.75, 3.05) is 0 Å². The summed E-state index contributed by atoms with van der Waals surface area (Å²) in [6, 6.07) is 13.2. The van der Waals surface area contributed by atoms with Crippen LogP contribution in [0.2, 0.25) is 5.15 Å². The molecule has 0 saturated heterocycles. The van der Waals surface area contributed by atoms with E-state index < -0.39 is 0 Å². The van der Waals surface area contributed by atoms with Gasteiger partial charge in [-0.05, 0) is 19.1 Å². The van der Waals surface area contributed by atoms with Gasteiger partial charge in [0.1, 0.15) is 22.2 Å². The molecular weight excluding hydrogens is 328 g/mol. The highest BCUT2D eigenvalue weighted by Crippen LogP contribution is 2.35. The van der Waals surface area contributed by atoms with Gasteiger partial charge in [-0.1, -0.05) is 47.1 Å². The van der Waals surface area contributed by atoms with Crippen LogP contribution in [0, 0.1) is 6.92 Å². The molecule has 0 fully saturated rings. The molecule has 0 amide bonds. The summed E-state index contributed by atoms with van der Waals surface area (Å²) in [6.45, 7) is 1.80. The standard InChI is InChI=1S/C17H11ClN4O2/c1-10-13(14(22-24-10)11-6-3-2-4-7-11)17-21-20-16(23-17)12-8-5-9-19-15(12)18/h2-9H,1H3. The van der Waals surface area contributed by atoms with Crippen molar-refractivity contribution in [2.45, 2.75) is 6.92 Å². The van der Waals surface area contributed by atoms with Crippen LogP contribution in [0.5, 0.6) is 0 Å². The highest BCUT2D eigenvalue weighted by Gasteiger charge is 2.22. The Hall–Kier alpha value is -2.99. The van der Waals surface area contributed by atoms with Crippen molar-refractivity contribution in [2.24, 2.45) is 0 Å². The SMILES string of the molecule is Cc1onc(-c2ccccc2)c1-c1nnc(-c2cccnc2Cl)o1. The van der Waals surface area contributed by atoms with Crippen LogP contribution in [0.1, 0.15) is 5.76 Å². The van der Waals surface area contributed by atoms with Crippen LogP contribution in [-0.2, 0) is 0 Å². The van der Waals surface area contributed by atoms with E-state index in [4.69, 9.17) is 20.5 Å². The molecule has 118 valence electrons.